The molecule has 0 bridgehead atoms. The maximum atomic E-state index is 11.4. The maximum Gasteiger partial charge on any atom is 0.221 e. The highest BCUT2D eigenvalue weighted by atomic mass is 16.5. The van der Waals surface area contributed by atoms with Crippen LogP contribution in [0.15, 0.2) is 18.2 Å². The molecule has 0 saturated carbocycles. The van der Waals surface area contributed by atoms with E-state index in [-0.39, 0.29) is 11.8 Å². The van der Waals surface area contributed by atoms with Gasteiger partial charge in [0.05, 0.1) is 24.7 Å². The van der Waals surface area contributed by atoms with Crippen molar-refractivity contribution in [3.8, 4) is 11.8 Å². The molecule has 1 aromatic carbocycles. The van der Waals surface area contributed by atoms with E-state index in [1.807, 2.05) is 12.1 Å². The van der Waals surface area contributed by atoms with E-state index < -0.39 is 0 Å². The highest BCUT2D eigenvalue weighted by molar-refractivity contribution is 5.77. The first kappa shape index (κ1) is 15.3. The molecule has 2 rings (SSSR count). The molecule has 1 aliphatic heterocycles. The number of nitriles is 1. The Hall–Kier alpha value is -2.06. The largest absolute Gasteiger partial charge is 0.496 e. The Morgan fingerprint density at radius 2 is 2.29 bits per heavy atom. The summed E-state index contributed by atoms with van der Waals surface area (Å²) in [4.78, 5) is 13.6. The molecule has 0 aromatic heterocycles. The molecule has 1 aliphatic rings. The zero-order chi connectivity index (χ0) is 15.4. The quantitative estimate of drug-likeness (QED) is 0.913. The van der Waals surface area contributed by atoms with Crippen molar-refractivity contribution in [3.63, 3.8) is 0 Å². The number of ether oxygens (including phenoxy) is 1. The molecule has 0 radical (unpaired) electrons. The first-order valence-corrected chi connectivity index (χ1v) is 7.15. The van der Waals surface area contributed by atoms with E-state index >= 15 is 0 Å². The Bertz CT molecular complexity index is 565. The molecule has 1 saturated heterocycles. The van der Waals surface area contributed by atoms with Crippen molar-refractivity contribution in [2.75, 3.05) is 13.7 Å². The Kier molecular flexibility index (Phi) is 4.81. The van der Waals surface area contributed by atoms with Crippen molar-refractivity contribution in [2.45, 2.75) is 32.4 Å². The average Bonchev–Trinajstić information content (AvgIpc) is 2.49. The Labute approximate surface area is 125 Å². The van der Waals surface area contributed by atoms with Crippen LogP contribution in [0, 0.1) is 17.2 Å². The summed E-state index contributed by atoms with van der Waals surface area (Å²) in [7, 11) is 1.62. The van der Waals surface area contributed by atoms with Gasteiger partial charge in [0.25, 0.3) is 0 Å². The van der Waals surface area contributed by atoms with E-state index in [0.29, 0.717) is 24.7 Å². The van der Waals surface area contributed by atoms with Gasteiger partial charge in [-0.15, -0.1) is 0 Å². The van der Waals surface area contributed by atoms with Crippen LogP contribution in [-0.4, -0.2) is 30.5 Å². The Morgan fingerprint density at radius 1 is 1.52 bits per heavy atom. The fraction of sp³-hybridized carbons (Fsp3) is 0.500. The highest BCUT2D eigenvalue weighted by Crippen LogP contribution is 2.27. The van der Waals surface area contributed by atoms with Gasteiger partial charge in [0.15, 0.2) is 0 Å². The molecule has 0 spiro atoms. The topological polar surface area (TPSA) is 79.3 Å². The molecule has 112 valence electrons. The van der Waals surface area contributed by atoms with Gasteiger partial charge in [-0.25, -0.2) is 0 Å². The number of amides is 1. The third-order valence-electron chi connectivity index (χ3n) is 4.20. The van der Waals surface area contributed by atoms with Crippen LogP contribution in [0.25, 0.3) is 0 Å². The van der Waals surface area contributed by atoms with Crippen LogP contribution in [0.1, 0.15) is 30.9 Å². The fourth-order valence-corrected chi connectivity index (χ4v) is 2.82. The smallest absolute Gasteiger partial charge is 0.221 e. The van der Waals surface area contributed by atoms with Crippen LogP contribution < -0.4 is 10.5 Å². The lowest BCUT2D eigenvalue weighted by atomic mass is 9.92. The van der Waals surface area contributed by atoms with Crippen molar-refractivity contribution < 1.29 is 9.53 Å². The van der Waals surface area contributed by atoms with E-state index in [4.69, 9.17) is 15.7 Å². The lowest BCUT2D eigenvalue weighted by molar-refractivity contribution is -0.124. The van der Waals surface area contributed by atoms with Crippen LogP contribution in [0.5, 0.6) is 5.75 Å². The molecule has 1 aromatic rings. The van der Waals surface area contributed by atoms with Crippen molar-refractivity contribution in [2.24, 2.45) is 11.7 Å². The number of benzene rings is 1. The molecule has 5 nitrogen and oxygen atoms in total. The minimum atomic E-state index is -0.232. The average molecular weight is 287 g/mol. The number of carbonyl (C=O) groups excluding carboxylic acids is 1. The van der Waals surface area contributed by atoms with Gasteiger partial charge in [0, 0.05) is 24.7 Å². The summed E-state index contributed by atoms with van der Waals surface area (Å²) in [6.45, 7) is 3.47. The zero-order valence-electron chi connectivity index (χ0n) is 12.5. The molecule has 5 heteroatoms. The second-order valence-corrected chi connectivity index (χ2v) is 5.59. The van der Waals surface area contributed by atoms with Gasteiger partial charge >= 0.3 is 0 Å². The Morgan fingerprint density at radius 3 is 2.90 bits per heavy atom. The summed E-state index contributed by atoms with van der Waals surface area (Å²) in [6, 6.07) is 7.94. The molecule has 21 heavy (non-hydrogen) atoms. The van der Waals surface area contributed by atoms with Crippen LogP contribution in [-0.2, 0) is 11.3 Å². The van der Waals surface area contributed by atoms with Crippen LogP contribution in [0.4, 0.5) is 0 Å². The van der Waals surface area contributed by atoms with Gasteiger partial charge in [0.2, 0.25) is 5.91 Å². The predicted molar refractivity (Wildman–Crippen MR) is 79.5 cm³/mol. The van der Waals surface area contributed by atoms with Crippen molar-refractivity contribution in [1.82, 2.24) is 4.90 Å². The number of likely N-dealkylation sites (tertiary alicyclic amines) is 1. The minimum Gasteiger partial charge on any atom is -0.496 e. The second-order valence-electron chi connectivity index (χ2n) is 5.59. The number of primary amides is 1. The first-order valence-electron chi connectivity index (χ1n) is 7.15. The van der Waals surface area contributed by atoms with E-state index in [9.17, 15) is 4.79 Å². The van der Waals surface area contributed by atoms with E-state index in [1.165, 1.54) is 0 Å². The zero-order valence-corrected chi connectivity index (χ0v) is 12.5. The lowest BCUT2D eigenvalue weighted by Crippen LogP contribution is -2.45. The molecule has 2 atom stereocenters. The minimum absolute atomic E-state index is 0.0913. The summed E-state index contributed by atoms with van der Waals surface area (Å²) < 4.78 is 5.37. The lowest BCUT2D eigenvalue weighted by Gasteiger charge is -2.37. The molecule has 1 amide bonds. The van der Waals surface area contributed by atoms with E-state index in [1.54, 1.807) is 13.2 Å². The number of carbonyl (C=O) groups is 1. The summed E-state index contributed by atoms with van der Waals surface area (Å²) >= 11 is 0. The fourth-order valence-electron chi connectivity index (χ4n) is 2.82. The van der Waals surface area contributed by atoms with Crippen molar-refractivity contribution in [3.05, 3.63) is 29.3 Å². The molecular weight excluding hydrogens is 266 g/mol. The van der Waals surface area contributed by atoms with Gasteiger partial charge < -0.3 is 10.5 Å². The highest BCUT2D eigenvalue weighted by Gasteiger charge is 2.29. The molecule has 1 heterocycles. The van der Waals surface area contributed by atoms with Crippen LogP contribution in [0.3, 0.4) is 0 Å². The van der Waals surface area contributed by atoms with Gasteiger partial charge in [-0.3, -0.25) is 9.69 Å². The molecule has 2 N–H and O–H groups in total. The predicted octanol–water partition coefficient (Wildman–Crippen LogP) is 1.65. The Balaban J connectivity index is 2.19. The molecule has 2 unspecified atom stereocenters. The van der Waals surface area contributed by atoms with Gasteiger partial charge in [-0.2, -0.15) is 5.26 Å². The number of methoxy groups -OCH3 is 1. The number of nitrogens with two attached hydrogens (primary N) is 1. The maximum absolute atomic E-state index is 11.4. The number of rotatable bonds is 4. The number of nitrogens with zero attached hydrogens (tertiary/aromatic N) is 2. The van der Waals surface area contributed by atoms with Gasteiger partial charge in [0.1, 0.15) is 5.75 Å². The normalized spacial score (nSPS) is 22.5. The third-order valence-corrected chi connectivity index (χ3v) is 4.20. The summed E-state index contributed by atoms with van der Waals surface area (Å²) in [5.74, 6) is 0.443. The molecular formula is C16H21N3O2. The molecule has 1 fully saturated rings. The number of piperidine rings is 1. The monoisotopic (exact) mass is 287 g/mol. The van der Waals surface area contributed by atoms with Crippen LogP contribution in [0.2, 0.25) is 0 Å². The number of hydrogen-bond donors (Lipinski definition) is 1. The summed E-state index contributed by atoms with van der Waals surface area (Å²) in [5.41, 5.74) is 7.02. The summed E-state index contributed by atoms with van der Waals surface area (Å²) in [5, 5.41) is 9.03. The van der Waals surface area contributed by atoms with Crippen molar-refractivity contribution >= 4 is 5.91 Å². The van der Waals surface area contributed by atoms with Crippen LogP contribution >= 0.6 is 0 Å². The van der Waals surface area contributed by atoms with E-state index in [0.717, 1.165) is 24.2 Å². The van der Waals surface area contributed by atoms with Gasteiger partial charge in [-0.1, -0.05) is 0 Å². The van der Waals surface area contributed by atoms with E-state index in [2.05, 4.69) is 17.9 Å². The standard InChI is InChI=1S/C16H21N3O2/c1-11-3-5-13(16(18)20)9-19(11)10-14-7-12(8-17)4-6-15(14)21-2/h4,6-7,11,13H,3,5,9-10H2,1-2H3,(H2,18,20). The van der Waals surface area contributed by atoms with Gasteiger partial charge in [-0.05, 0) is 38.0 Å². The third kappa shape index (κ3) is 3.53. The molecule has 0 aliphatic carbocycles. The second kappa shape index (κ2) is 6.59. The first-order chi connectivity index (χ1) is 10.0. The number of hydrogen-bond acceptors (Lipinski definition) is 4. The van der Waals surface area contributed by atoms with Crippen molar-refractivity contribution in [1.29, 1.82) is 5.26 Å². The summed E-state index contributed by atoms with van der Waals surface area (Å²) in [6.07, 6.45) is 1.80. The SMILES string of the molecule is COc1ccc(C#N)cc1CN1CC(C(N)=O)CCC1C.